The summed E-state index contributed by atoms with van der Waals surface area (Å²) in [5.74, 6) is 2.75. The molecule has 0 unspecified atom stereocenters. The number of hydrogen-bond acceptors (Lipinski definition) is 14. The van der Waals surface area contributed by atoms with Gasteiger partial charge in [-0.05, 0) is 74.0 Å². The van der Waals surface area contributed by atoms with Crippen molar-refractivity contribution in [1.29, 1.82) is 0 Å². The Labute approximate surface area is 429 Å². The van der Waals surface area contributed by atoms with Gasteiger partial charge in [-0.2, -0.15) is 18.5 Å². The van der Waals surface area contributed by atoms with Crippen molar-refractivity contribution in [2.75, 3.05) is 102 Å². The van der Waals surface area contributed by atoms with E-state index in [0.29, 0.717) is 51.7 Å². The molecule has 2 saturated heterocycles. The summed E-state index contributed by atoms with van der Waals surface area (Å²) in [6.07, 6.45) is 5.18. The fourth-order valence-electron chi connectivity index (χ4n) is 9.02. The van der Waals surface area contributed by atoms with E-state index in [0.717, 1.165) is 105 Å². The molecule has 20 heteroatoms. The third-order valence-corrected chi connectivity index (χ3v) is 13.5. The van der Waals surface area contributed by atoms with Crippen molar-refractivity contribution in [3.63, 3.8) is 0 Å². The number of aryl methyl sites for hydroxylation is 2. The number of benzene rings is 3. The lowest BCUT2D eigenvalue weighted by Crippen LogP contribution is -2.52. The molecule has 0 spiro atoms. The monoisotopic (exact) mass is 1020 g/mol. The van der Waals surface area contributed by atoms with E-state index in [1.54, 1.807) is 57.2 Å². The highest BCUT2D eigenvalue weighted by Crippen LogP contribution is 2.40. The molecular weight excluding hydrogens is 958 g/mol. The number of ether oxygens (including phenoxy) is 3. The van der Waals surface area contributed by atoms with E-state index in [9.17, 15) is 19.5 Å². The number of nitrogens with zero attached hydrogens (tertiary/aromatic N) is 8. The molecular formula is C52H62ClN11O7S. The van der Waals surface area contributed by atoms with Crippen LogP contribution in [0.4, 0.5) is 17.5 Å². The zero-order chi connectivity index (χ0) is 49.8. The van der Waals surface area contributed by atoms with Crippen LogP contribution in [0.3, 0.4) is 0 Å². The predicted molar refractivity (Wildman–Crippen MR) is 287 cm³/mol. The summed E-state index contributed by atoms with van der Waals surface area (Å²) in [6, 6.07) is 22.4. The molecule has 4 aromatic heterocycles. The van der Waals surface area contributed by atoms with E-state index in [1.807, 2.05) is 66.7 Å². The fraction of sp³-hybridized carbons (Fsp3) is 0.365. The molecule has 0 atom stereocenters. The lowest BCUT2D eigenvalue weighted by molar-refractivity contribution is -0.122. The van der Waals surface area contributed by atoms with Gasteiger partial charge in [0.05, 0.1) is 17.3 Å². The summed E-state index contributed by atoms with van der Waals surface area (Å²) in [5, 5.41) is 18.6. The Morgan fingerprint density at radius 2 is 1.53 bits per heavy atom. The second-order valence-electron chi connectivity index (χ2n) is 18.5. The average molecular weight is 1020 g/mol. The maximum atomic E-state index is 12.9. The van der Waals surface area contributed by atoms with Crippen LogP contribution in [0.2, 0.25) is 5.02 Å². The Morgan fingerprint density at radius 1 is 0.819 bits per heavy atom. The van der Waals surface area contributed by atoms with Crippen LogP contribution in [-0.4, -0.2) is 142 Å². The molecule has 2 aliphatic heterocycles. The summed E-state index contributed by atoms with van der Waals surface area (Å²) >= 11 is 6.58. The lowest BCUT2D eigenvalue weighted by Gasteiger charge is -2.38. The molecule has 7 aromatic rings. The number of H-pyrrole nitrogens is 1. The van der Waals surface area contributed by atoms with Crippen LogP contribution in [0, 0.1) is 0 Å². The minimum absolute atomic E-state index is 0. The standard InChI is InChI=1S/C52H60ClN11O7.H2S/c1-52(2,68)35-9-12-44(40(29-35)41-32-59(4)50(67)47-39(41)13-14-55-47)71-38-8-6-7-37(30-38)69-26-25-63-19-17-61(18-20-63)15-16-62-21-23-64(24-22-62)51-56-31-42(53)48(58-51)57-36-10-11-43-34(27-36)28-45(49(66)60(43)5)70-33-46(65)54-3;/h6-14,27-32,55,68H,15-26,33H2,1-5H3,(H,54,65)(H,56,57,58);1H2. The molecule has 3 aromatic carbocycles. The summed E-state index contributed by atoms with van der Waals surface area (Å²) in [5.41, 5.74) is 2.69. The van der Waals surface area contributed by atoms with Gasteiger partial charge in [-0.3, -0.25) is 29.1 Å². The van der Waals surface area contributed by atoms with Gasteiger partial charge in [0.1, 0.15) is 34.4 Å². The number of carbonyl (C=O) groups excluding carboxylic acids is 1. The first-order valence-corrected chi connectivity index (χ1v) is 24.2. The normalized spacial score (nSPS) is 14.8. The second kappa shape index (κ2) is 22.4. The van der Waals surface area contributed by atoms with Crippen LogP contribution in [0.1, 0.15) is 19.4 Å². The number of rotatable bonds is 17. The van der Waals surface area contributed by atoms with E-state index in [2.05, 4.69) is 40.2 Å². The van der Waals surface area contributed by atoms with Gasteiger partial charge < -0.3 is 49.0 Å². The molecule has 380 valence electrons. The first-order chi connectivity index (χ1) is 34.2. The largest absolute Gasteiger partial charge is 0.492 e. The maximum Gasteiger partial charge on any atom is 0.293 e. The molecule has 0 bridgehead atoms. The number of aromatic nitrogens is 5. The van der Waals surface area contributed by atoms with E-state index >= 15 is 0 Å². The SMILES string of the molecule is CNC(=O)COc1cc2cc(Nc3nc(N4CCN(CCN5CCN(CCOc6cccc(Oc7ccc(C(C)(C)O)cc7-c7cn(C)c(=O)c8[nH]ccc78)c6)CC5)CC4)ncc3Cl)ccc2n(C)c1=O.S. The highest BCUT2D eigenvalue weighted by Gasteiger charge is 2.24. The number of aliphatic hydroxyl groups is 1. The Kier molecular flexibility index (Phi) is 16.1. The Bertz CT molecular complexity index is 3180. The maximum absolute atomic E-state index is 12.9. The molecule has 0 saturated carbocycles. The molecule has 6 heterocycles. The minimum atomic E-state index is -1.08. The van der Waals surface area contributed by atoms with Crippen LogP contribution in [0.5, 0.6) is 23.0 Å². The average Bonchev–Trinajstić information content (AvgIpc) is 3.87. The second-order valence-corrected chi connectivity index (χ2v) is 18.9. The van der Waals surface area contributed by atoms with Gasteiger partial charge in [0.2, 0.25) is 5.95 Å². The zero-order valence-corrected chi connectivity index (χ0v) is 43.0. The highest BCUT2D eigenvalue weighted by molar-refractivity contribution is 7.59. The van der Waals surface area contributed by atoms with Crippen molar-refractivity contribution in [1.82, 2.24) is 44.1 Å². The zero-order valence-electron chi connectivity index (χ0n) is 41.2. The van der Waals surface area contributed by atoms with Crippen LogP contribution in [-0.2, 0) is 24.5 Å². The molecule has 0 aliphatic carbocycles. The summed E-state index contributed by atoms with van der Waals surface area (Å²) in [4.78, 5) is 59.5. The van der Waals surface area contributed by atoms with Gasteiger partial charge in [-0.25, -0.2) is 4.98 Å². The van der Waals surface area contributed by atoms with Gasteiger partial charge in [-0.15, -0.1) is 0 Å². The number of hydrogen-bond donors (Lipinski definition) is 4. The van der Waals surface area contributed by atoms with Crippen molar-refractivity contribution >= 4 is 70.3 Å². The number of amides is 1. The molecule has 4 N–H and O–H groups in total. The van der Waals surface area contributed by atoms with Crippen molar-refractivity contribution in [2.45, 2.75) is 19.4 Å². The number of aromatic amines is 1. The van der Waals surface area contributed by atoms with E-state index in [-0.39, 0.29) is 42.9 Å². The molecule has 9 rings (SSSR count). The van der Waals surface area contributed by atoms with Gasteiger partial charge >= 0.3 is 0 Å². The highest BCUT2D eigenvalue weighted by atomic mass is 35.5. The van der Waals surface area contributed by atoms with E-state index < -0.39 is 5.60 Å². The first-order valence-electron chi connectivity index (χ1n) is 23.8. The Morgan fingerprint density at radius 3 is 2.25 bits per heavy atom. The number of fused-ring (bicyclic) bond motifs is 2. The number of anilines is 3. The topological polar surface area (TPSA) is 188 Å². The number of carbonyl (C=O) groups is 1. The number of pyridine rings is 2. The summed E-state index contributed by atoms with van der Waals surface area (Å²) in [7, 11) is 4.90. The number of piperazine rings is 2. The molecule has 72 heavy (non-hydrogen) atoms. The third-order valence-electron chi connectivity index (χ3n) is 13.3. The molecule has 0 radical (unpaired) electrons. The quantitative estimate of drug-likeness (QED) is 0.0877. The molecule has 1 amide bonds. The predicted octanol–water partition coefficient (Wildman–Crippen LogP) is 5.65. The molecule has 2 fully saturated rings. The smallest absolute Gasteiger partial charge is 0.293 e. The third kappa shape index (κ3) is 11.8. The molecule has 18 nitrogen and oxygen atoms in total. The van der Waals surface area contributed by atoms with Gasteiger partial charge in [0.15, 0.2) is 18.2 Å². The minimum Gasteiger partial charge on any atom is -0.492 e. The summed E-state index contributed by atoms with van der Waals surface area (Å²) in [6.45, 7) is 13.9. The fourth-order valence-corrected chi connectivity index (χ4v) is 9.15. The van der Waals surface area contributed by atoms with Crippen LogP contribution >= 0.6 is 25.1 Å². The lowest BCUT2D eigenvalue weighted by atomic mass is 9.93. The number of likely N-dealkylation sites (N-methyl/N-ethyl adjacent to an activating group) is 1. The number of halogens is 1. The van der Waals surface area contributed by atoms with Crippen LogP contribution < -0.4 is 40.9 Å². The Balaban J connectivity index is 0.00000693. The first kappa shape index (κ1) is 51.7. The summed E-state index contributed by atoms with van der Waals surface area (Å²) < 4.78 is 21.3. The van der Waals surface area contributed by atoms with E-state index in [1.165, 1.54) is 11.6 Å². The van der Waals surface area contributed by atoms with Crippen LogP contribution in [0.15, 0.2) is 101 Å². The Hall–Kier alpha value is -6.61. The van der Waals surface area contributed by atoms with Gasteiger partial charge in [-0.1, -0.05) is 23.7 Å². The van der Waals surface area contributed by atoms with Crippen molar-refractivity contribution in [2.24, 2.45) is 14.1 Å². The van der Waals surface area contributed by atoms with Gasteiger partial charge in [0.25, 0.3) is 17.0 Å². The van der Waals surface area contributed by atoms with Crippen molar-refractivity contribution in [3.8, 4) is 34.1 Å². The van der Waals surface area contributed by atoms with E-state index in [4.69, 9.17) is 30.8 Å². The van der Waals surface area contributed by atoms with Gasteiger partial charge in [0, 0.05) is 139 Å². The van der Waals surface area contributed by atoms with Crippen molar-refractivity contribution < 1.29 is 24.1 Å². The van der Waals surface area contributed by atoms with Crippen molar-refractivity contribution in [3.05, 3.63) is 123 Å². The molecule has 2 aliphatic rings. The number of nitrogens with one attached hydrogen (secondary N) is 3. The van der Waals surface area contributed by atoms with Crippen LogP contribution in [0.25, 0.3) is 32.9 Å².